The molecule has 0 bridgehead atoms. The third-order valence-electron chi connectivity index (χ3n) is 4.26. The van der Waals surface area contributed by atoms with Crippen LogP contribution in [0.15, 0.2) is 42.9 Å². The fourth-order valence-corrected chi connectivity index (χ4v) is 3.07. The highest BCUT2D eigenvalue weighted by atomic mass is 19.1. The standard InChI is InChI=1S/C17H17FN6O/c18-11-1-3-12(4-2-11)22-17(25)23-13-6-8-24(9-13)16-14-5-7-19-15(14)20-10-21-16/h1-5,7,10,13H,6,8-9H2,(H,19,20,21)(H2,22,23,25). The third-order valence-corrected chi connectivity index (χ3v) is 4.26. The number of urea groups is 1. The molecule has 0 spiro atoms. The minimum absolute atomic E-state index is 0.0180. The zero-order valence-corrected chi connectivity index (χ0v) is 13.4. The molecule has 3 aromatic rings. The molecule has 7 nitrogen and oxygen atoms in total. The van der Waals surface area contributed by atoms with E-state index in [9.17, 15) is 9.18 Å². The second-order valence-corrected chi connectivity index (χ2v) is 5.97. The van der Waals surface area contributed by atoms with Crippen molar-refractivity contribution in [3.05, 3.63) is 48.7 Å². The van der Waals surface area contributed by atoms with Crippen LogP contribution >= 0.6 is 0 Å². The second kappa shape index (κ2) is 6.39. The summed E-state index contributed by atoms with van der Waals surface area (Å²) in [6, 6.07) is 7.34. The van der Waals surface area contributed by atoms with Crippen LogP contribution in [0.3, 0.4) is 0 Å². The van der Waals surface area contributed by atoms with E-state index in [0.29, 0.717) is 12.2 Å². The van der Waals surface area contributed by atoms with Gasteiger partial charge in [0.2, 0.25) is 0 Å². The van der Waals surface area contributed by atoms with Gasteiger partial charge in [0, 0.05) is 31.0 Å². The van der Waals surface area contributed by atoms with Gasteiger partial charge in [-0.2, -0.15) is 0 Å². The fraction of sp³-hybridized carbons (Fsp3) is 0.235. The average molecular weight is 340 g/mol. The van der Waals surface area contributed by atoms with E-state index in [0.717, 1.165) is 29.8 Å². The minimum Gasteiger partial charge on any atom is -0.354 e. The Kier molecular flexibility index (Phi) is 3.93. The van der Waals surface area contributed by atoms with Crippen molar-refractivity contribution in [3.63, 3.8) is 0 Å². The maximum Gasteiger partial charge on any atom is 0.319 e. The largest absolute Gasteiger partial charge is 0.354 e. The predicted molar refractivity (Wildman–Crippen MR) is 93.1 cm³/mol. The molecule has 1 saturated heterocycles. The van der Waals surface area contributed by atoms with Gasteiger partial charge in [-0.3, -0.25) is 0 Å². The van der Waals surface area contributed by atoms with Gasteiger partial charge in [-0.1, -0.05) is 0 Å². The third kappa shape index (κ3) is 3.23. The number of nitrogens with one attached hydrogen (secondary N) is 3. The molecule has 1 atom stereocenters. The molecule has 25 heavy (non-hydrogen) atoms. The van der Waals surface area contributed by atoms with Crippen molar-refractivity contribution in [2.75, 3.05) is 23.3 Å². The van der Waals surface area contributed by atoms with E-state index in [1.807, 2.05) is 12.3 Å². The van der Waals surface area contributed by atoms with Crippen LogP contribution in [0.1, 0.15) is 6.42 Å². The lowest BCUT2D eigenvalue weighted by atomic mass is 10.2. The Balaban J connectivity index is 1.38. The predicted octanol–water partition coefficient (Wildman–Crippen LogP) is 2.50. The Bertz CT molecular complexity index is 894. The summed E-state index contributed by atoms with van der Waals surface area (Å²) in [4.78, 5) is 25.9. The number of hydrogen-bond donors (Lipinski definition) is 3. The molecule has 8 heteroatoms. The van der Waals surface area contributed by atoms with Crippen LogP contribution < -0.4 is 15.5 Å². The van der Waals surface area contributed by atoms with Gasteiger partial charge < -0.3 is 20.5 Å². The number of carbonyl (C=O) groups is 1. The molecule has 3 heterocycles. The van der Waals surface area contributed by atoms with Gasteiger partial charge in [0.15, 0.2) is 0 Å². The van der Waals surface area contributed by atoms with E-state index < -0.39 is 0 Å². The molecule has 0 saturated carbocycles. The summed E-state index contributed by atoms with van der Waals surface area (Å²) in [5.74, 6) is 0.535. The molecule has 3 N–H and O–H groups in total. The van der Waals surface area contributed by atoms with E-state index in [-0.39, 0.29) is 17.9 Å². The summed E-state index contributed by atoms with van der Waals surface area (Å²) in [5.41, 5.74) is 1.36. The molecule has 1 aliphatic heterocycles. The van der Waals surface area contributed by atoms with Crippen LogP contribution in [0.2, 0.25) is 0 Å². The number of hydrogen-bond acceptors (Lipinski definition) is 4. The van der Waals surface area contributed by atoms with Crippen LogP contribution in [0.5, 0.6) is 0 Å². The van der Waals surface area contributed by atoms with Crippen LogP contribution in [-0.4, -0.2) is 40.1 Å². The van der Waals surface area contributed by atoms with E-state index in [1.54, 1.807) is 0 Å². The number of rotatable bonds is 3. The topological polar surface area (TPSA) is 85.9 Å². The minimum atomic E-state index is -0.335. The number of carbonyl (C=O) groups excluding carboxylic acids is 1. The summed E-state index contributed by atoms with van der Waals surface area (Å²) in [5, 5.41) is 6.63. The Morgan fingerprint density at radius 1 is 1.24 bits per heavy atom. The maximum atomic E-state index is 12.9. The van der Waals surface area contributed by atoms with E-state index >= 15 is 0 Å². The number of aromatic amines is 1. The zero-order chi connectivity index (χ0) is 17.2. The lowest BCUT2D eigenvalue weighted by Gasteiger charge is -2.18. The van der Waals surface area contributed by atoms with Crippen molar-refractivity contribution in [3.8, 4) is 0 Å². The van der Waals surface area contributed by atoms with Gasteiger partial charge in [-0.05, 0) is 36.8 Å². The van der Waals surface area contributed by atoms with Crippen molar-refractivity contribution in [1.82, 2.24) is 20.3 Å². The highest BCUT2D eigenvalue weighted by Crippen LogP contribution is 2.25. The Hall–Kier alpha value is -3.16. The Labute approximate surface area is 143 Å². The van der Waals surface area contributed by atoms with Gasteiger partial charge in [-0.15, -0.1) is 0 Å². The molecule has 0 radical (unpaired) electrons. The molecule has 0 aliphatic carbocycles. The van der Waals surface area contributed by atoms with Gasteiger partial charge in [0.25, 0.3) is 0 Å². The summed E-state index contributed by atoms with van der Waals surface area (Å²) >= 11 is 0. The van der Waals surface area contributed by atoms with Crippen molar-refractivity contribution in [2.45, 2.75) is 12.5 Å². The molecule has 1 fully saturated rings. The van der Waals surface area contributed by atoms with Crippen molar-refractivity contribution >= 4 is 28.6 Å². The Morgan fingerprint density at radius 2 is 2.08 bits per heavy atom. The van der Waals surface area contributed by atoms with Crippen LogP contribution in [-0.2, 0) is 0 Å². The molecule has 1 aliphatic rings. The monoisotopic (exact) mass is 340 g/mol. The maximum absolute atomic E-state index is 12.9. The first-order valence-corrected chi connectivity index (χ1v) is 8.05. The van der Waals surface area contributed by atoms with Gasteiger partial charge in [0.1, 0.15) is 23.6 Å². The van der Waals surface area contributed by atoms with Crippen molar-refractivity contribution in [1.29, 1.82) is 0 Å². The highest BCUT2D eigenvalue weighted by Gasteiger charge is 2.26. The number of fused-ring (bicyclic) bond motifs is 1. The van der Waals surface area contributed by atoms with Crippen LogP contribution in [0, 0.1) is 5.82 Å². The molecule has 2 aromatic heterocycles. The molecule has 128 valence electrons. The van der Waals surface area contributed by atoms with Gasteiger partial charge in [-0.25, -0.2) is 19.2 Å². The summed E-state index contributed by atoms with van der Waals surface area (Å²) in [6.07, 6.45) is 4.20. The highest BCUT2D eigenvalue weighted by molar-refractivity contribution is 5.90. The number of anilines is 2. The first kappa shape index (κ1) is 15.4. The molecular weight excluding hydrogens is 323 g/mol. The lowest BCUT2D eigenvalue weighted by molar-refractivity contribution is 0.249. The number of nitrogens with zero attached hydrogens (tertiary/aromatic N) is 3. The average Bonchev–Trinajstić information content (AvgIpc) is 3.25. The van der Waals surface area contributed by atoms with Crippen LogP contribution in [0.25, 0.3) is 11.0 Å². The Morgan fingerprint density at radius 3 is 2.92 bits per heavy atom. The summed E-state index contributed by atoms with van der Waals surface area (Å²) in [7, 11) is 0. The second-order valence-electron chi connectivity index (χ2n) is 5.97. The SMILES string of the molecule is O=C(Nc1ccc(F)cc1)NC1CCN(c2ncnc3[nH]ccc23)C1. The molecule has 1 unspecified atom stereocenters. The lowest BCUT2D eigenvalue weighted by Crippen LogP contribution is -2.39. The first-order valence-electron chi connectivity index (χ1n) is 8.05. The van der Waals surface area contributed by atoms with Gasteiger partial charge in [0.05, 0.1) is 5.39 Å². The molecule has 4 rings (SSSR count). The smallest absolute Gasteiger partial charge is 0.319 e. The molecular formula is C17H17FN6O. The number of aromatic nitrogens is 3. The van der Waals surface area contributed by atoms with Gasteiger partial charge >= 0.3 is 6.03 Å². The normalized spacial score (nSPS) is 17.0. The van der Waals surface area contributed by atoms with E-state index in [1.165, 1.54) is 30.6 Å². The number of halogens is 1. The van der Waals surface area contributed by atoms with Crippen molar-refractivity contribution < 1.29 is 9.18 Å². The number of H-pyrrole nitrogens is 1. The van der Waals surface area contributed by atoms with E-state index in [2.05, 4.69) is 30.5 Å². The quantitative estimate of drug-likeness (QED) is 0.684. The summed E-state index contributed by atoms with van der Waals surface area (Å²) in [6.45, 7) is 1.48. The fourth-order valence-electron chi connectivity index (χ4n) is 3.07. The number of benzene rings is 1. The first-order chi connectivity index (χ1) is 12.2. The zero-order valence-electron chi connectivity index (χ0n) is 13.4. The van der Waals surface area contributed by atoms with Crippen molar-refractivity contribution in [2.24, 2.45) is 0 Å². The molecule has 2 amide bonds. The van der Waals surface area contributed by atoms with E-state index in [4.69, 9.17) is 0 Å². The molecule has 1 aromatic carbocycles. The summed E-state index contributed by atoms with van der Waals surface area (Å²) < 4.78 is 12.9. The van der Waals surface area contributed by atoms with Crippen LogP contribution in [0.4, 0.5) is 20.7 Å². The number of amides is 2.